The second-order valence-corrected chi connectivity index (χ2v) is 8.00. The Hall–Kier alpha value is -3.02. The average molecular weight is 408 g/mol. The lowest BCUT2D eigenvalue weighted by atomic mass is 9.91. The van der Waals surface area contributed by atoms with E-state index in [1.54, 1.807) is 19.1 Å². The molecule has 1 aliphatic carbocycles. The molecule has 4 rings (SSSR count). The molecule has 0 spiro atoms. The molecule has 0 radical (unpaired) electrons. The molecule has 1 heterocycles. The third-order valence-electron chi connectivity index (χ3n) is 6.01. The van der Waals surface area contributed by atoms with E-state index in [0.717, 1.165) is 36.0 Å². The normalized spacial score (nSPS) is 18.9. The van der Waals surface area contributed by atoms with E-state index in [1.165, 1.54) is 0 Å². The van der Waals surface area contributed by atoms with Crippen molar-refractivity contribution < 1.29 is 19.1 Å². The van der Waals surface area contributed by atoms with Gasteiger partial charge in [-0.3, -0.25) is 9.59 Å². The van der Waals surface area contributed by atoms with Crippen LogP contribution in [0.5, 0.6) is 11.5 Å². The number of ether oxygens (including phenoxy) is 2. The lowest BCUT2D eigenvalue weighted by molar-refractivity contribution is -0.142. The van der Waals surface area contributed by atoms with Crippen molar-refractivity contribution in [1.82, 2.24) is 10.2 Å². The van der Waals surface area contributed by atoms with E-state index in [4.69, 9.17) is 9.47 Å². The SMILES string of the molecule is COc1ccc([C@@H](C)NC(=O)[C@H]2c3ccccc3CCN2C(=O)C2CC2)cc1OC. The van der Waals surface area contributed by atoms with Gasteiger partial charge in [0.05, 0.1) is 20.3 Å². The minimum Gasteiger partial charge on any atom is -0.493 e. The molecule has 0 bridgehead atoms. The van der Waals surface area contributed by atoms with Crippen LogP contribution in [0.25, 0.3) is 0 Å². The van der Waals surface area contributed by atoms with Crippen LogP contribution in [0.1, 0.15) is 48.5 Å². The summed E-state index contributed by atoms with van der Waals surface area (Å²) in [6.07, 6.45) is 2.63. The highest BCUT2D eigenvalue weighted by Gasteiger charge is 2.41. The van der Waals surface area contributed by atoms with Crippen molar-refractivity contribution in [2.45, 2.75) is 38.3 Å². The Morgan fingerprint density at radius 1 is 1.07 bits per heavy atom. The van der Waals surface area contributed by atoms with Crippen molar-refractivity contribution in [3.05, 3.63) is 59.2 Å². The van der Waals surface area contributed by atoms with Crippen molar-refractivity contribution in [2.75, 3.05) is 20.8 Å². The highest BCUT2D eigenvalue weighted by Crippen LogP contribution is 2.37. The minimum absolute atomic E-state index is 0.0776. The van der Waals surface area contributed by atoms with Gasteiger partial charge in [-0.1, -0.05) is 30.3 Å². The van der Waals surface area contributed by atoms with E-state index in [9.17, 15) is 9.59 Å². The van der Waals surface area contributed by atoms with Crippen molar-refractivity contribution in [1.29, 1.82) is 0 Å². The van der Waals surface area contributed by atoms with E-state index in [1.807, 2.05) is 49.4 Å². The number of rotatable bonds is 6. The van der Waals surface area contributed by atoms with Crippen LogP contribution in [0.2, 0.25) is 0 Å². The van der Waals surface area contributed by atoms with Crippen LogP contribution in [-0.4, -0.2) is 37.5 Å². The lowest BCUT2D eigenvalue weighted by Gasteiger charge is -2.37. The fraction of sp³-hybridized carbons (Fsp3) is 0.417. The van der Waals surface area contributed by atoms with Gasteiger partial charge in [-0.15, -0.1) is 0 Å². The van der Waals surface area contributed by atoms with Crippen LogP contribution in [-0.2, 0) is 16.0 Å². The summed E-state index contributed by atoms with van der Waals surface area (Å²) in [7, 11) is 3.18. The molecule has 2 atom stereocenters. The van der Waals surface area contributed by atoms with E-state index in [-0.39, 0.29) is 23.8 Å². The topological polar surface area (TPSA) is 67.9 Å². The first-order chi connectivity index (χ1) is 14.5. The Labute approximate surface area is 177 Å². The summed E-state index contributed by atoms with van der Waals surface area (Å²) in [5.41, 5.74) is 2.97. The third-order valence-corrected chi connectivity index (χ3v) is 6.01. The molecule has 1 fully saturated rings. The van der Waals surface area contributed by atoms with Gasteiger partial charge in [0.25, 0.3) is 0 Å². The predicted octanol–water partition coefficient (Wildman–Crippen LogP) is 3.42. The molecule has 1 N–H and O–H groups in total. The smallest absolute Gasteiger partial charge is 0.247 e. The molecular weight excluding hydrogens is 380 g/mol. The lowest BCUT2D eigenvalue weighted by Crippen LogP contribution is -2.48. The first kappa shape index (κ1) is 20.3. The molecule has 0 saturated heterocycles. The maximum Gasteiger partial charge on any atom is 0.247 e. The molecule has 2 aliphatic rings. The quantitative estimate of drug-likeness (QED) is 0.795. The number of carbonyl (C=O) groups is 2. The average Bonchev–Trinajstić information content (AvgIpc) is 3.62. The highest BCUT2D eigenvalue weighted by atomic mass is 16.5. The first-order valence-corrected chi connectivity index (χ1v) is 10.4. The number of hydrogen-bond donors (Lipinski definition) is 1. The number of fused-ring (bicyclic) bond motifs is 1. The number of amides is 2. The molecule has 2 aromatic rings. The Bertz CT molecular complexity index is 954. The second-order valence-electron chi connectivity index (χ2n) is 8.00. The number of benzene rings is 2. The molecule has 1 saturated carbocycles. The minimum atomic E-state index is -0.592. The number of nitrogens with one attached hydrogen (secondary N) is 1. The molecule has 30 heavy (non-hydrogen) atoms. The van der Waals surface area contributed by atoms with E-state index in [0.29, 0.717) is 18.0 Å². The maximum absolute atomic E-state index is 13.4. The van der Waals surface area contributed by atoms with Gasteiger partial charge >= 0.3 is 0 Å². The van der Waals surface area contributed by atoms with Crippen LogP contribution in [0.15, 0.2) is 42.5 Å². The Morgan fingerprint density at radius 3 is 2.50 bits per heavy atom. The Kier molecular flexibility index (Phi) is 5.66. The summed E-state index contributed by atoms with van der Waals surface area (Å²) >= 11 is 0. The second kappa shape index (κ2) is 8.38. The zero-order chi connectivity index (χ0) is 21.3. The summed E-state index contributed by atoms with van der Waals surface area (Å²) in [6.45, 7) is 2.51. The van der Waals surface area contributed by atoms with Gasteiger partial charge in [-0.05, 0) is 55.0 Å². The van der Waals surface area contributed by atoms with Gasteiger partial charge in [0, 0.05) is 12.5 Å². The molecule has 2 amide bonds. The molecule has 0 unspecified atom stereocenters. The van der Waals surface area contributed by atoms with Crippen LogP contribution < -0.4 is 14.8 Å². The number of nitrogens with zero attached hydrogens (tertiary/aromatic N) is 1. The van der Waals surface area contributed by atoms with Crippen molar-refractivity contribution in [3.8, 4) is 11.5 Å². The maximum atomic E-state index is 13.4. The monoisotopic (exact) mass is 408 g/mol. The molecule has 158 valence electrons. The van der Waals surface area contributed by atoms with Crippen molar-refractivity contribution in [2.24, 2.45) is 5.92 Å². The molecule has 6 heteroatoms. The summed E-state index contributed by atoms with van der Waals surface area (Å²) in [5, 5.41) is 3.11. The molecular formula is C24H28N2O4. The van der Waals surface area contributed by atoms with Gasteiger partial charge in [0.2, 0.25) is 11.8 Å². The van der Waals surface area contributed by atoms with Crippen LogP contribution in [0.3, 0.4) is 0 Å². The standard InChI is InChI=1S/C24H28N2O4/c1-15(18-10-11-20(29-2)21(14-18)30-3)25-23(27)22-19-7-5-4-6-16(19)12-13-26(22)24(28)17-8-9-17/h4-7,10-11,14-15,17,22H,8-9,12-13H2,1-3H3,(H,25,27)/t15-,22-/m1/s1. The molecule has 0 aromatic heterocycles. The first-order valence-electron chi connectivity index (χ1n) is 10.4. The molecule has 6 nitrogen and oxygen atoms in total. The summed E-state index contributed by atoms with van der Waals surface area (Å²) < 4.78 is 10.7. The molecule has 1 aliphatic heterocycles. The zero-order valence-electron chi connectivity index (χ0n) is 17.7. The van der Waals surface area contributed by atoms with Gasteiger partial charge in [0.1, 0.15) is 6.04 Å². The third kappa shape index (κ3) is 3.86. The Morgan fingerprint density at radius 2 is 1.80 bits per heavy atom. The summed E-state index contributed by atoms with van der Waals surface area (Å²) in [4.78, 5) is 28.1. The number of carbonyl (C=O) groups excluding carboxylic acids is 2. The fourth-order valence-corrected chi connectivity index (χ4v) is 4.15. The van der Waals surface area contributed by atoms with Crippen molar-refractivity contribution in [3.63, 3.8) is 0 Å². The predicted molar refractivity (Wildman–Crippen MR) is 113 cm³/mol. The van der Waals surface area contributed by atoms with Gasteiger partial charge < -0.3 is 19.7 Å². The van der Waals surface area contributed by atoms with E-state index < -0.39 is 6.04 Å². The fourth-order valence-electron chi connectivity index (χ4n) is 4.15. The van der Waals surface area contributed by atoms with Crippen molar-refractivity contribution >= 4 is 11.8 Å². The highest BCUT2D eigenvalue weighted by molar-refractivity contribution is 5.91. The summed E-state index contributed by atoms with van der Waals surface area (Å²) in [5.74, 6) is 1.28. The van der Waals surface area contributed by atoms with Gasteiger partial charge in [-0.25, -0.2) is 0 Å². The molecule has 2 aromatic carbocycles. The summed E-state index contributed by atoms with van der Waals surface area (Å²) in [6, 6.07) is 12.7. The zero-order valence-corrected chi connectivity index (χ0v) is 17.7. The van der Waals surface area contributed by atoms with Crippen LogP contribution in [0.4, 0.5) is 0 Å². The Balaban J connectivity index is 1.59. The van der Waals surface area contributed by atoms with Gasteiger partial charge in [0.15, 0.2) is 11.5 Å². The van der Waals surface area contributed by atoms with Gasteiger partial charge in [-0.2, -0.15) is 0 Å². The largest absolute Gasteiger partial charge is 0.493 e. The number of methoxy groups -OCH3 is 2. The van der Waals surface area contributed by atoms with E-state index >= 15 is 0 Å². The number of hydrogen-bond acceptors (Lipinski definition) is 4. The van der Waals surface area contributed by atoms with Crippen LogP contribution in [0, 0.1) is 5.92 Å². The van der Waals surface area contributed by atoms with E-state index in [2.05, 4.69) is 5.32 Å². The van der Waals surface area contributed by atoms with Crippen LogP contribution >= 0.6 is 0 Å².